The summed E-state index contributed by atoms with van der Waals surface area (Å²) in [5.74, 6) is -0.786. The van der Waals surface area contributed by atoms with Crippen LogP contribution in [0.25, 0.3) is 0 Å². The number of halogens is 4. The molecule has 0 aliphatic rings. The third kappa shape index (κ3) is 4.61. The van der Waals surface area contributed by atoms with Crippen LogP contribution in [0.2, 0.25) is 0 Å². The van der Waals surface area contributed by atoms with Crippen molar-refractivity contribution in [1.82, 2.24) is 0 Å². The fraction of sp³-hybridized carbons (Fsp3) is 0.833. The van der Waals surface area contributed by atoms with Gasteiger partial charge in [0.25, 0.3) is 0 Å². The molecule has 0 saturated carbocycles. The highest BCUT2D eigenvalue weighted by Crippen LogP contribution is 2.35. The summed E-state index contributed by atoms with van der Waals surface area (Å²) in [6, 6.07) is 0. The van der Waals surface area contributed by atoms with Gasteiger partial charge >= 0.3 is 5.97 Å². The van der Waals surface area contributed by atoms with Crippen molar-refractivity contribution >= 4 is 52.4 Å². The van der Waals surface area contributed by atoms with E-state index in [-0.39, 0.29) is 18.7 Å². The van der Waals surface area contributed by atoms with Gasteiger partial charge in [0.05, 0.1) is 11.8 Å². The van der Waals surface area contributed by atoms with Crippen molar-refractivity contribution in [3.63, 3.8) is 0 Å². The molecule has 0 heterocycles. The van der Waals surface area contributed by atoms with Gasteiger partial charge in [-0.1, -0.05) is 23.2 Å². The van der Waals surface area contributed by atoms with Gasteiger partial charge in [-0.05, 0) is 6.42 Å². The average Bonchev–Trinajstić information content (AvgIpc) is 1.85. The summed E-state index contributed by atoms with van der Waals surface area (Å²) in [7, 11) is 0. The lowest BCUT2D eigenvalue weighted by Crippen LogP contribution is -2.29. The Kier molecular flexibility index (Phi) is 5.66. The lowest BCUT2D eigenvalue weighted by atomic mass is 10.2. The van der Waals surface area contributed by atoms with E-state index in [1.54, 1.807) is 0 Å². The Bertz CT molecular complexity index is 160. The van der Waals surface area contributed by atoms with Crippen molar-refractivity contribution in [3.8, 4) is 0 Å². The van der Waals surface area contributed by atoms with E-state index in [0.717, 1.165) is 0 Å². The second kappa shape index (κ2) is 5.38. The zero-order valence-electron chi connectivity index (χ0n) is 6.07. The summed E-state index contributed by atoms with van der Waals surface area (Å²) in [6.45, 7) is 0. The van der Waals surface area contributed by atoms with E-state index in [1.807, 2.05) is 0 Å². The molecule has 2 nitrogen and oxygen atoms in total. The van der Waals surface area contributed by atoms with E-state index in [1.165, 1.54) is 0 Å². The molecule has 6 heteroatoms. The molecule has 0 aromatic heterocycles. The Hall–Kier alpha value is 0.630. The van der Waals surface area contributed by atoms with E-state index < -0.39 is 15.7 Å². The van der Waals surface area contributed by atoms with Crippen LogP contribution < -0.4 is 0 Å². The van der Waals surface area contributed by atoms with Crippen LogP contribution in [0, 0.1) is 0 Å². The third-order valence-corrected chi connectivity index (χ3v) is 3.08. The largest absolute Gasteiger partial charge is 0.481 e. The number of hydrogen-bond donors (Lipinski definition) is 1. The molecule has 0 amide bonds. The highest BCUT2D eigenvalue weighted by Gasteiger charge is 2.34. The number of aliphatic carboxylic acids is 1. The highest BCUT2D eigenvalue weighted by molar-refractivity contribution is 6.52. The fourth-order valence-corrected chi connectivity index (χ4v) is 1.66. The molecule has 0 aromatic carbocycles. The first kappa shape index (κ1) is 12.6. The molecular formula is C6H8Cl4O2. The Balaban J connectivity index is 4.04. The molecule has 12 heavy (non-hydrogen) atoms. The van der Waals surface area contributed by atoms with E-state index in [4.69, 9.17) is 51.5 Å². The Morgan fingerprint density at radius 1 is 1.50 bits per heavy atom. The number of alkyl halides is 4. The van der Waals surface area contributed by atoms with Gasteiger partial charge in [-0.15, -0.1) is 23.2 Å². The Morgan fingerprint density at radius 2 is 2.00 bits per heavy atom. The second-order valence-electron chi connectivity index (χ2n) is 2.27. The van der Waals surface area contributed by atoms with Crippen LogP contribution >= 0.6 is 46.4 Å². The maximum absolute atomic E-state index is 10.2. The first-order chi connectivity index (χ1) is 5.40. The van der Waals surface area contributed by atoms with E-state index in [9.17, 15) is 4.79 Å². The van der Waals surface area contributed by atoms with Crippen LogP contribution in [-0.4, -0.2) is 26.7 Å². The molecule has 1 N–H and O–H groups in total. The number of carbonyl (C=O) groups is 1. The fourth-order valence-electron chi connectivity index (χ4n) is 0.585. The van der Waals surface area contributed by atoms with Crippen molar-refractivity contribution < 1.29 is 9.90 Å². The summed E-state index contributed by atoms with van der Waals surface area (Å²) < 4.78 is -1.26. The molecule has 0 radical (unpaired) electrons. The molecule has 0 aliphatic heterocycles. The van der Waals surface area contributed by atoms with E-state index >= 15 is 0 Å². The van der Waals surface area contributed by atoms with Crippen LogP contribution in [-0.2, 0) is 4.79 Å². The second-order valence-corrected chi connectivity index (χ2v) is 4.71. The molecular weight excluding hydrogens is 246 g/mol. The first-order valence-electron chi connectivity index (χ1n) is 3.20. The van der Waals surface area contributed by atoms with Crippen molar-refractivity contribution in [2.24, 2.45) is 0 Å². The van der Waals surface area contributed by atoms with Crippen LogP contribution in [0.15, 0.2) is 0 Å². The minimum atomic E-state index is -1.26. The summed E-state index contributed by atoms with van der Waals surface area (Å²) in [5, 5.41) is 7.56. The zero-order chi connectivity index (χ0) is 9.78. The van der Waals surface area contributed by atoms with Crippen LogP contribution in [0.5, 0.6) is 0 Å². The standard InChI is InChI=1S/C6H8Cl4O2/c7-2-1-6(9,10)4(8)3-5(11)12/h4H,1-3H2,(H,11,12). The van der Waals surface area contributed by atoms with Gasteiger partial charge in [-0.2, -0.15) is 0 Å². The number of carboxylic acids is 1. The predicted molar refractivity (Wildman–Crippen MR) is 51.7 cm³/mol. The van der Waals surface area contributed by atoms with Gasteiger partial charge in [0.1, 0.15) is 4.33 Å². The Morgan fingerprint density at radius 3 is 2.33 bits per heavy atom. The zero-order valence-corrected chi connectivity index (χ0v) is 9.09. The lowest BCUT2D eigenvalue weighted by molar-refractivity contribution is -0.137. The summed E-state index contributed by atoms with van der Waals surface area (Å²) >= 11 is 22.5. The molecule has 0 fully saturated rings. The normalized spacial score (nSPS) is 14.3. The van der Waals surface area contributed by atoms with Crippen molar-refractivity contribution in [2.45, 2.75) is 22.6 Å². The van der Waals surface area contributed by atoms with Gasteiger partial charge in [0.15, 0.2) is 0 Å². The SMILES string of the molecule is O=C(O)CC(Cl)C(Cl)(Cl)CCCl. The van der Waals surface area contributed by atoms with Gasteiger partial charge < -0.3 is 5.11 Å². The van der Waals surface area contributed by atoms with E-state index in [2.05, 4.69) is 0 Å². The van der Waals surface area contributed by atoms with Crippen LogP contribution in [0.1, 0.15) is 12.8 Å². The minimum absolute atomic E-state index is 0.246. The maximum atomic E-state index is 10.2. The molecule has 0 saturated heterocycles. The summed E-state index contributed by atoms with van der Waals surface area (Å²) in [4.78, 5) is 10.2. The summed E-state index contributed by atoms with van der Waals surface area (Å²) in [6.07, 6.45) is -0.00937. The molecule has 0 aliphatic carbocycles. The first-order valence-corrected chi connectivity index (χ1v) is 4.92. The summed E-state index contributed by atoms with van der Waals surface area (Å²) in [5.41, 5.74) is 0. The Labute approximate surface area is 90.7 Å². The smallest absolute Gasteiger partial charge is 0.304 e. The molecule has 0 spiro atoms. The number of hydrogen-bond acceptors (Lipinski definition) is 1. The average molecular weight is 254 g/mol. The molecule has 0 rings (SSSR count). The predicted octanol–water partition coefficient (Wildman–Crippen LogP) is 2.87. The molecule has 1 unspecified atom stereocenters. The maximum Gasteiger partial charge on any atom is 0.304 e. The third-order valence-electron chi connectivity index (χ3n) is 1.24. The lowest BCUT2D eigenvalue weighted by Gasteiger charge is -2.22. The quantitative estimate of drug-likeness (QED) is 0.766. The molecule has 72 valence electrons. The van der Waals surface area contributed by atoms with Crippen molar-refractivity contribution in [1.29, 1.82) is 0 Å². The van der Waals surface area contributed by atoms with Gasteiger partial charge in [0, 0.05) is 5.88 Å². The highest BCUT2D eigenvalue weighted by atomic mass is 35.5. The van der Waals surface area contributed by atoms with Crippen LogP contribution in [0.4, 0.5) is 0 Å². The molecule has 0 bridgehead atoms. The van der Waals surface area contributed by atoms with Crippen LogP contribution in [0.3, 0.4) is 0 Å². The van der Waals surface area contributed by atoms with Crippen molar-refractivity contribution in [3.05, 3.63) is 0 Å². The number of rotatable bonds is 5. The van der Waals surface area contributed by atoms with Gasteiger partial charge in [-0.25, -0.2) is 0 Å². The van der Waals surface area contributed by atoms with Crippen molar-refractivity contribution in [2.75, 3.05) is 5.88 Å². The van der Waals surface area contributed by atoms with Gasteiger partial charge in [0.2, 0.25) is 0 Å². The monoisotopic (exact) mass is 252 g/mol. The topological polar surface area (TPSA) is 37.3 Å². The van der Waals surface area contributed by atoms with Gasteiger partial charge in [-0.3, -0.25) is 4.79 Å². The van der Waals surface area contributed by atoms with E-state index in [0.29, 0.717) is 0 Å². The molecule has 1 atom stereocenters. The molecule has 0 aromatic rings. The number of carboxylic acid groups (broad SMARTS) is 1. The minimum Gasteiger partial charge on any atom is -0.481 e.